The molecule has 0 aliphatic heterocycles. The van der Waals surface area contributed by atoms with E-state index < -0.39 is 5.97 Å². The predicted octanol–water partition coefficient (Wildman–Crippen LogP) is 1.87. The molecule has 0 N–H and O–H groups in total. The molecule has 1 heterocycles. The van der Waals surface area contributed by atoms with Gasteiger partial charge in [0.2, 0.25) is 0 Å². The lowest BCUT2D eigenvalue weighted by Gasteiger charge is -2.02. The summed E-state index contributed by atoms with van der Waals surface area (Å²) in [5, 5.41) is 8.87. The molecule has 0 bridgehead atoms. The third-order valence-corrected chi connectivity index (χ3v) is 2.22. The van der Waals surface area contributed by atoms with Crippen LogP contribution >= 0.6 is 12.6 Å². The Labute approximate surface area is 105 Å². The lowest BCUT2D eigenvalue weighted by molar-refractivity contribution is -0.137. The number of hydrogen-bond donors (Lipinski definition) is 1. The fourth-order valence-corrected chi connectivity index (χ4v) is 1.48. The van der Waals surface area contributed by atoms with Crippen LogP contribution in [0.2, 0.25) is 0 Å². The average Bonchev–Trinajstić information content (AvgIpc) is 2.29. The van der Waals surface area contributed by atoms with E-state index in [1.165, 1.54) is 6.08 Å². The minimum Gasteiger partial charge on any atom is -0.463 e. The standard InChI is InChI=1S/C12H12N2O2S/c1-2-16-12(15)7-10(17)6-11-9(8-13)4-3-5-14-11/h3-5,7,17H,2,6H2,1H3/b10-7-. The van der Waals surface area contributed by atoms with Crippen molar-refractivity contribution in [3.05, 3.63) is 40.6 Å². The normalized spacial score (nSPS) is 10.8. The number of carbonyl (C=O) groups excluding carboxylic acids is 1. The Bertz CT molecular complexity index is 478. The third kappa shape index (κ3) is 4.29. The summed E-state index contributed by atoms with van der Waals surface area (Å²) in [6.07, 6.45) is 3.23. The number of nitriles is 1. The zero-order valence-electron chi connectivity index (χ0n) is 9.38. The molecular weight excluding hydrogens is 236 g/mol. The highest BCUT2D eigenvalue weighted by molar-refractivity contribution is 7.84. The van der Waals surface area contributed by atoms with Crippen LogP contribution in [0.1, 0.15) is 18.2 Å². The predicted molar refractivity (Wildman–Crippen MR) is 66.4 cm³/mol. The maximum absolute atomic E-state index is 11.2. The summed E-state index contributed by atoms with van der Waals surface area (Å²) in [5.41, 5.74) is 1.08. The molecule has 4 nitrogen and oxygen atoms in total. The van der Waals surface area contributed by atoms with E-state index in [-0.39, 0.29) is 0 Å². The van der Waals surface area contributed by atoms with Crippen molar-refractivity contribution in [1.29, 1.82) is 5.26 Å². The van der Waals surface area contributed by atoms with Crippen molar-refractivity contribution in [3.8, 4) is 6.07 Å². The molecule has 0 unspecified atom stereocenters. The number of thiol groups is 1. The summed E-state index contributed by atoms with van der Waals surface area (Å²) < 4.78 is 4.76. The number of aromatic nitrogens is 1. The summed E-state index contributed by atoms with van der Waals surface area (Å²) in [4.78, 5) is 15.8. The van der Waals surface area contributed by atoms with Crippen molar-refractivity contribution in [2.45, 2.75) is 13.3 Å². The highest BCUT2D eigenvalue weighted by atomic mass is 32.1. The van der Waals surface area contributed by atoms with Gasteiger partial charge in [0.15, 0.2) is 0 Å². The van der Waals surface area contributed by atoms with Crippen LogP contribution < -0.4 is 0 Å². The smallest absolute Gasteiger partial charge is 0.331 e. The van der Waals surface area contributed by atoms with Gasteiger partial charge in [-0.1, -0.05) is 0 Å². The first-order valence-corrected chi connectivity index (χ1v) is 5.52. The third-order valence-electron chi connectivity index (χ3n) is 1.93. The molecule has 5 heteroatoms. The summed E-state index contributed by atoms with van der Waals surface area (Å²) >= 11 is 4.17. The van der Waals surface area contributed by atoms with Crippen LogP contribution in [0.5, 0.6) is 0 Å². The minimum atomic E-state index is -0.438. The molecule has 17 heavy (non-hydrogen) atoms. The first-order valence-electron chi connectivity index (χ1n) is 5.07. The second-order valence-electron chi connectivity index (χ2n) is 3.17. The summed E-state index contributed by atoms with van der Waals surface area (Å²) in [5.74, 6) is -0.438. The molecule has 1 aromatic heterocycles. The van der Waals surface area contributed by atoms with E-state index in [1.807, 2.05) is 6.07 Å². The first kappa shape index (κ1) is 13.3. The Morgan fingerprint density at radius 3 is 3.12 bits per heavy atom. The van der Waals surface area contributed by atoms with Crippen LogP contribution in [0.4, 0.5) is 0 Å². The van der Waals surface area contributed by atoms with Crippen LogP contribution in [0.25, 0.3) is 0 Å². The largest absolute Gasteiger partial charge is 0.463 e. The van der Waals surface area contributed by atoms with Crippen LogP contribution in [-0.2, 0) is 16.0 Å². The van der Waals surface area contributed by atoms with Gasteiger partial charge in [0.25, 0.3) is 0 Å². The molecule has 88 valence electrons. The quantitative estimate of drug-likeness (QED) is 0.502. The van der Waals surface area contributed by atoms with Crippen LogP contribution in [-0.4, -0.2) is 17.6 Å². The maximum atomic E-state index is 11.2. The van der Waals surface area contributed by atoms with Crippen LogP contribution in [0.15, 0.2) is 29.3 Å². The van der Waals surface area contributed by atoms with E-state index in [9.17, 15) is 4.79 Å². The van der Waals surface area contributed by atoms with Gasteiger partial charge in [-0.3, -0.25) is 4.98 Å². The number of pyridine rings is 1. The number of carbonyl (C=O) groups is 1. The number of nitrogens with zero attached hydrogens (tertiary/aromatic N) is 2. The Morgan fingerprint density at radius 2 is 2.47 bits per heavy atom. The molecule has 1 aromatic rings. The van der Waals surface area contributed by atoms with Gasteiger partial charge in [-0.05, 0) is 24.0 Å². The molecule has 0 aliphatic carbocycles. The molecule has 0 fully saturated rings. The Morgan fingerprint density at radius 1 is 1.71 bits per heavy atom. The van der Waals surface area contributed by atoms with Crippen molar-refractivity contribution >= 4 is 18.6 Å². The van der Waals surface area contributed by atoms with Gasteiger partial charge in [0, 0.05) is 18.7 Å². The molecule has 0 saturated heterocycles. The Kier molecular flexibility index (Phi) is 5.24. The van der Waals surface area contributed by atoms with Crippen molar-refractivity contribution < 1.29 is 9.53 Å². The fraction of sp³-hybridized carbons (Fsp3) is 0.250. The summed E-state index contributed by atoms with van der Waals surface area (Å²) in [6, 6.07) is 5.40. The molecule has 0 spiro atoms. The highest BCUT2D eigenvalue weighted by Crippen LogP contribution is 2.13. The van der Waals surface area contributed by atoms with Gasteiger partial charge >= 0.3 is 5.97 Å². The molecular formula is C12H12N2O2S. The lowest BCUT2D eigenvalue weighted by atomic mass is 10.1. The van der Waals surface area contributed by atoms with E-state index >= 15 is 0 Å². The minimum absolute atomic E-state index is 0.323. The van der Waals surface area contributed by atoms with Crippen molar-refractivity contribution in [2.24, 2.45) is 0 Å². The number of esters is 1. The fourth-order valence-electron chi connectivity index (χ4n) is 1.22. The number of hydrogen-bond acceptors (Lipinski definition) is 5. The first-order chi connectivity index (χ1) is 8.17. The maximum Gasteiger partial charge on any atom is 0.331 e. The Hall–Kier alpha value is -1.80. The Balaban J connectivity index is 2.78. The van der Waals surface area contributed by atoms with Gasteiger partial charge < -0.3 is 4.74 Å². The second-order valence-corrected chi connectivity index (χ2v) is 3.75. The number of rotatable bonds is 4. The van der Waals surface area contributed by atoms with E-state index in [4.69, 9.17) is 10.00 Å². The van der Waals surface area contributed by atoms with E-state index in [1.54, 1.807) is 25.3 Å². The zero-order valence-corrected chi connectivity index (χ0v) is 10.3. The van der Waals surface area contributed by atoms with Crippen molar-refractivity contribution in [3.63, 3.8) is 0 Å². The molecule has 0 saturated carbocycles. The van der Waals surface area contributed by atoms with E-state index in [0.29, 0.717) is 29.2 Å². The number of allylic oxidation sites excluding steroid dienone is 1. The van der Waals surface area contributed by atoms with Crippen molar-refractivity contribution in [2.75, 3.05) is 6.61 Å². The second kappa shape index (κ2) is 6.71. The summed E-state index contributed by atoms with van der Waals surface area (Å²) in [7, 11) is 0. The van der Waals surface area contributed by atoms with Gasteiger partial charge in [-0.25, -0.2) is 4.79 Å². The van der Waals surface area contributed by atoms with Crippen molar-refractivity contribution in [1.82, 2.24) is 4.98 Å². The zero-order chi connectivity index (χ0) is 12.7. The SMILES string of the molecule is CCOC(=O)/C=C(\S)Cc1ncccc1C#N. The monoisotopic (exact) mass is 248 g/mol. The van der Waals surface area contributed by atoms with Crippen LogP contribution in [0.3, 0.4) is 0 Å². The van der Waals surface area contributed by atoms with Gasteiger partial charge in [0.05, 0.1) is 17.9 Å². The van der Waals surface area contributed by atoms with Crippen LogP contribution in [0, 0.1) is 11.3 Å². The molecule has 0 aliphatic rings. The number of ether oxygens (including phenoxy) is 1. The lowest BCUT2D eigenvalue weighted by Crippen LogP contribution is -2.01. The summed E-state index contributed by atoms with van der Waals surface area (Å²) in [6.45, 7) is 2.06. The topological polar surface area (TPSA) is 63.0 Å². The highest BCUT2D eigenvalue weighted by Gasteiger charge is 2.05. The molecule has 1 rings (SSSR count). The van der Waals surface area contributed by atoms with Gasteiger partial charge in [-0.2, -0.15) is 5.26 Å². The average molecular weight is 248 g/mol. The molecule has 0 atom stereocenters. The van der Waals surface area contributed by atoms with E-state index in [2.05, 4.69) is 17.6 Å². The molecule has 0 amide bonds. The van der Waals surface area contributed by atoms with E-state index in [0.717, 1.165) is 0 Å². The van der Waals surface area contributed by atoms with Gasteiger partial charge in [0.1, 0.15) is 6.07 Å². The molecule has 0 radical (unpaired) electrons. The molecule has 0 aromatic carbocycles. The van der Waals surface area contributed by atoms with Gasteiger partial charge in [-0.15, -0.1) is 12.6 Å².